The minimum absolute atomic E-state index is 0.0518. The van der Waals surface area contributed by atoms with Gasteiger partial charge in [-0.3, -0.25) is 4.55 Å². The second-order valence-corrected chi connectivity index (χ2v) is 17.4. The van der Waals surface area contributed by atoms with E-state index >= 15 is 0 Å². The molecule has 0 saturated heterocycles. The second kappa shape index (κ2) is 15.1. The summed E-state index contributed by atoms with van der Waals surface area (Å²) in [5.41, 5.74) is 6.48. The van der Waals surface area contributed by atoms with Gasteiger partial charge in [0.2, 0.25) is 0 Å². The molecule has 5 N–H and O–H groups in total. The van der Waals surface area contributed by atoms with Crippen LogP contribution in [0.5, 0.6) is 0 Å². The fraction of sp³-hybridized carbons (Fsp3) is 1.00. The maximum absolute atomic E-state index is 11.4. The van der Waals surface area contributed by atoms with E-state index in [0.29, 0.717) is 29.2 Å². The van der Waals surface area contributed by atoms with Crippen LogP contribution in [0.1, 0.15) is 125 Å². The zero-order chi connectivity index (χ0) is 31.4. The largest absolute Gasteiger partial charge is 0.397 e. The van der Waals surface area contributed by atoms with Crippen LogP contribution in [0.4, 0.5) is 0 Å². The van der Waals surface area contributed by atoms with Gasteiger partial charge in [-0.05, 0) is 168 Å². The van der Waals surface area contributed by atoms with E-state index in [0.717, 1.165) is 74.5 Å². The van der Waals surface area contributed by atoms with E-state index in [4.69, 9.17) is 9.92 Å². The summed E-state index contributed by atoms with van der Waals surface area (Å²) in [6.45, 7) is 18.3. The monoisotopic (exact) mass is 625 g/mol. The Kier molecular flexibility index (Phi) is 12.5. The Morgan fingerprint density at radius 3 is 2.40 bits per heavy atom. The Labute approximate surface area is 265 Å². The Morgan fingerprint density at radius 2 is 1.70 bits per heavy atom. The van der Waals surface area contributed by atoms with E-state index in [-0.39, 0.29) is 5.92 Å². The van der Waals surface area contributed by atoms with Crippen LogP contribution in [-0.2, 0) is 14.6 Å². The molecule has 8 heteroatoms. The maximum Gasteiger partial charge on any atom is 0.397 e. The van der Waals surface area contributed by atoms with Crippen LogP contribution in [0.25, 0.3) is 0 Å². The molecule has 4 saturated carbocycles. The van der Waals surface area contributed by atoms with Crippen molar-refractivity contribution in [2.45, 2.75) is 137 Å². The molecule has 0 bridgehead atoms. The van der Waals surface area contributed by atoms with Crippen molar-refractivity contribution in [3.05, 3.63) is 0 Å². The summed E-state index contributed by atoms with van der Waals surface area (Å²) in [4.78, 5) is 0. The van der Waals surface area contributed by atoms with Gasteiger partial charge in [0, 0.05) is 6.04 Å². The third kappa shape index (κ3) is 8.38. The van der Waals surface area contributed by atoms with E-state index in [1.54, 1.807) is 0 Å². The molecular weight excluding hydrogens is 558 g/mol. The Balaban J connectivity index is 1.31. The highest BCUT2D eigenvalue weighted by molar-refractivity contribution is 7.80. The third-order valence-corrected chi connectivity index (χ3v) is 14.0. The molecule has 11 atom stereocenters. The topological polar surface area (TPSA) is 114 Å². The molecule has 4 rings (SSSR count). The molecule has 7 nitrogen and oxygen atoms in total. The van der Waals surface area contributed by atoms with Crippen LogP contribution in [0.15, 0.2) is 0 Å². The lowest BCUT2D eigenvalue weighted by atomic mass is 9.40. The number of nitrogens with one attached hydrogen (secondary N) is 2. The van der Waals surface area contributed by atoms with Crippen molar-refractivity contribution >= 4 is 10.4 Å². The molecule has 0 spiro atoms. The van der Waals surface area contributed by atoms with Gasteiger partial charge in [0.25, 0.3) is 0 Å². The lowest BCUT2D eigenvalue weighted by Gasteiger charge is -2.65. The minimum Gasteiger partial charge on any atom is -0.330 e. The zero-order valence-electron chi connectivity index (χ0n) is 28.5. The van der Waals surface area contributed by atoms with Crippen molar-refractivity contribution in [3.63, 3.8) is 0 Å². The first-order chi connectivity index (χ1) is 20.3. The number of rotatable bonds is 16. The molecule has 0 amide bonds. The normalized spacial score (nSPS) is 39.2. The van der Waals surface area contributed by atoms with E-state index in [2.05, 4.69) is 38.3 Å². The molecule has 0 aromatic rings. The maximum atomic E-state index is 11.4. The first-order valence-corrected chi connectivity index (χ1v) is 19.5. The van der Waals surface area contributed by atoms with Crippen molar-refractivity contribution in [2.24, 2.45) is 63.9 Å². The lowest BCUT2D eigenvalue weighted by molar-refractivity contribution is -0.154. The molecule has 0 aromatic carbocycles. The summed E-state index contributed by atoms with van der Waals surface area (Å²) in [5.74, 6) is 5.45. The number of unbranched alkanes of at least 4 members (excludes halogenated alkanes) is 1. The number of fused-ring (bicyclic) bond motifs is 5. The average molecular weight is 626 g/mol. The lowest BCUT2D eigenvalue weighted by Crippen LogP contribution is -2.59. The Morgan fingerprint density at radius 1 is 0.953 bits per heavy atom. The van der Waals surface area contributed by atoms with Gasteiger partial charge < -0.3 is 16.4 Å². The van der Waals surface area contributed by atoms with Crippen LogP contribution in [0.3, 0.4) is 0 Å². The van der Waals surface area contributed by atoms with E-state index < -0.39 is 16.5 Å². The number of hydrogen-bond acceptors (Lipinski definition) is 6. The van der Waals surface area contributed by atoms with Gasteiger partial charge in [0.15, 0.2) is 0 Å². The quantitative estimate of drug-likeness (QED) is 0.110. The summed E-state index contributed by atoms with van der Waals surface area (Å²) < 4.78 is 37.2. The summed E-state index contributed by atoms with van der Waals surface area (Å²) in [6, 6.07) is 0.664. The molecular formula is C35H67N3O4S. The standard InChI is InChI=1S/C35H67N3O4S/c1-24(2)32(42-43(39,40)41)13-10-25(3)28-11-12-30-29-15-16-34(5)23-27(38-21-9-20-37-19-8-7-18-36)14-17-35(34,6)31(29)22-26(4)33(28)30/h24-33,37-38H,7-23,36H2,1-6H3,(H,39,40,41)/t25-,26+,27-,28?,29+,30?,31?,32?,33?,34-,35+/m0/s1. The highest BCUT2D eigenvalue weighted by atomic mass is 32.3. The van der Waals surface area contributed by atoms with Crippen LogP contribution in [-0.4, -0.2) is 51.3 Å². The first-order valence-electron chi connectivity index (χ1n) is 18.1. The van der Waals surface area contributed by atoms with Crippen LogP contribution >= 0.6 is 0 Å². The number of nitrogens with two attached hydrogens (primary N) is 1. The second-order valence-electron chi connectivity index (χ2n) is 16.3. The molecule has 4 aliphatic rings. The fourth-order valence-electron chi connectivity index (χ4n) is 10.9. The summed E-state index contributed by atoms with van der Waals surface area (Å²) in [5, 5.41) is 7.53. The molecule has 4 fully saturated rings. The smallest absolute Gasteiger partial charge is 0.330 e. The SMILES string of the molecule is CC(C)C(CC[C@H](C)C1CCC2C1[C@H](C)CC1[C@@H]2CC[C@@]2(C)C[C@@H](NCCCNCCCCN)CC[C@]12C)OS(=O)(=O)O. The molecule has 0 aliphatic heterocycles. The van der Waals surface area contributed by atoms with E-state index in [9.17, 15) is 13.0 Å². The molecule has 43 heavy (non-hydrogen) atoms. The summed E-state index contributed by atoms with van der Waals surface area (Å²) in [6.07, 6.45) is 15.6. The average Bonchev–Trinajstić information content (AvgIpc) is 3.39. The van der Waals surface area contributed by atoms with E-state index in [1.807, 2.05) is 13.8 Å². The van der Waals surface area contributed by atoms with Crippen molar-refractivity contribution < 1.29 is 17.2 Å². The minimum atomic E-state index is -4.42. The van der Waals surface area contributed by atoms with Crippen LogP contribution < -0.4 is 16.4 Å². The van der Waals surface area contributed by atoms with Crippen molar-refractivity contribution in [2.75, 3.05) is 26.2 Å². The molecule has 0 radical (unpaired) electrons. The predicted molar refractivity (Wildman–Crippen MR) is 177 cm³/mol. The highest BCUT2D eigenvalue weighted by Gasteiger charge is 2.62. The zero-order valence-corrected chi connectivity index (χ0v) is 29.3. The van der Waals surface area contributed by atoms with Gasteiger partial charge in [0.1, 0.15) is 0 Å². The van der Waals surface area contributed by atoms with Crippen molar-refractivity contribution in [3.8, 4) is 0 Å². The van der Waals surface area contributed by atoms with Gasteiger partial charge in [0.05, 0.1) is 6.10 Å². The first kappa shape index (κ1) is 35.6. The van der Waals surface area contributed by atoms with Gasteiger partial charge in [-0.25, -0.2) is 4.18 Å². The number of hydrogen-bond donors (Lipinski definition) is 4. The third-order valence-electron chi connectivity index (χ3n) is 13.5. The molecule has 4 aliphatic carbocycles. The van der Waals surface area contributed by atoms with Crippen molar-refractivity contribution in [1.82, 2.24) is 10.6 Å². The van der Waals surface area contributed by atoms with Crippen LogP contribution in [0.2, 0.25) is 0 Å². The summed E-state index contributed by atoms with van der Waals surface area (Å²) in [7, 11) is -4.42. The Hall–Kier alpha value is -0.250. The summed E-state index contributed by atoms with van der Waals surface area (Å²) >= 11 is 0. The van der Waals surface area contributed by atoms with Gasteiger partial charge in [-0.15, -0.1) is 0 Å². The van der Waals surface area contributed by atoms with Crippen molar-refractivity contribution in [1.29, 1.82) is 0 Å². The predicted octanol–water partition coefficient (Wildman–Crippen LogP) is 6.83. The molecule has 0 aromatic heterocycles. The molecule has 252 valence electrons. The van der Waals surface area contributed by atoms with Gasteiger partial charge in [-0.2, -0.15) is 8.42 Å². The van der Waals surface area contributed by atoms with Gasteiger partial charge in [-0.1, -0.05) is 41.5 Å². The molecule has 0 heterocycles. The Bertz CT molecular complexity index is 978. The van der Waals surface area contributed by atoms with Gasteiger partial charge >= 0.3 is 10.4 Å². The molecule has 5 unspecified atom stereocenters. The van der Waals surface area contributed by atoms with Crippen LogP contribution in [0, 0.1) is 58.2 Å². The fourth-order valence-corrected chi connectivity index (χ4v) is 11.6. The van der Waals surface area contributed by atoms with E-state index in [1.165, 1.54) is 64.2 Å². The highest BCUT2D eigenvalue weighted by Crippen LogP contribution is 2.69.